The number of hydrogen-bond acceptors (Lipinski definition) is 4. The molecule has 1 aliphatic heterocycles. The summed E-state index contributed by atoms with van der Waals surface area (Å²) in [7, 11) is 0. The van der Waals surface area contributed by atoms with Gasteiger partial charge in [-0.15, -0.1) is 11.3 Å². The second kappa shape index (κ2) is 6.34. The first-order chi connectivity index (χ1) is 10.6. The zero-order chi connectivity index (χ0) is 17.4. The predicted octanol–water partition coefficient (Wildman–Crippen LogP) is 2.42. The molecule has 1 aliphatic rings. The molecule has 0 saturated carbocycles. The summed E-state index contributed by atoms with van der Waals surface area (Å²) in [6.07, 6.45) is -4.66. The molecule has 0 spiro atoms. The molecule has 0 aliphatic carbocycles. The van der Waals surface area contributed by atoms with Gasteiger partial charge in [-0.3, -0.25) is 4.79 Å². The number of aromatic nitrogens is 1. The Labute approximate surface area is 134 Å². The van der Waals surface area contributed by atoms with Crippen molar-refractivity contribution in [1.82, 2.24) is 15.2 Å². The number of likely N-dealkylation sites (tertiary alicyclic amines) is 1. The van der Waals surface area contributed by atoms with Crippen LogP contribution in [0.15, 0.2) is 5.38 Å². The molecule has 2 heterocycles. The highest BCUT2D eigenvalue weighted by Crippen LogP contribution is 2.37. The second-order valence-corrected chi connectivity index (χ2v) is 6.39. The first-order valence-electron chi connectivity index (χ1n) is 6.86. The summed E-state index contributed by atoms with van der Waals surface area (Å²) in [5, 5.41) is 13.9. The first kappa shape index (κ1) is 17.5. The van der Waals surface area contributed by atoms with Gasteiger partial charge in [-0.05, 0) is 13.8 Å². The number of amides is 2. The minimum Gasteiger partial charge on any atom is -0.481 e. The molecule has 3 atom stereocenters. The Morgan fingerprint density at radius 3 is 2.57 bits per heavy atom. The normalized spacial score (nSPS) is 22.9. The zero-order valence-corrected chi connectivity index (χ0v) is 13.2. The number of thiazole rings is 1. The quantitative estimate of drug-likeness (QED) is 0.876. The molecule has 1 aromatic heterocycles. The molecule has 0 aromatic carbocycles. The van der Waals surface area contributed by atoms with Crippen molar-refractivity contribution >= 4 is 23.3 Å². The van der Waals surface area contributed by atoms with E-state index in [-0.39, 0.29) is 0 Å². The molecule has 1 unspecified atom stereocenters. The van der Waals surface area contributed by atoms with E-state index < -0.39 is 49.1 Å². The lowest BCUT2D eigenvalue weighted by Crippen LogP contribution is -2.40. The molecule has 1 saturated heterocycles. The minimum absolute atomic E-state index is 0.463. The van der Waals surface area contributed by atoms with Crippen LogP contribution in [0, 0.1) is 18.8 Å². The lowest BCUT2D eigenvalue weighted by atomic mass is 9.96. The molecular formula is C13H16F3N3O3S. The van der Waals surface area contributed by atoms with Crippen molar-refractivity contribution in [1.29, 1.82) is 0 Å². The second-order valence-electron chi connectivity index (χ2n) is 5.50. The van der Waals surface area contributed by atoms with Gasteiger partial charge >= 0.3 is 18.2 Å². The summed E-state index contributed by atoms with van der Waals surface area (Å²) in [5.41, 5.74) is 0.787. The van der Waals surface area contributed by atoms with Crippen LogP contribution in [0.5, 0.6) is 0 Å². The molecule has 2 rings (SSSR count). The fourth-order valence-corrected chi connectivity index (χ4v) is 3.26. The first-order valence-corrected chi connectivity index (χ1v) is 7.74. The van der Waals surface area contributed by atoms with Crippen LogP contribution in [-0.2, 0) is 4.79 Å². The molecule has 2 N–H and O–H groups in total. The number of alkyl halides is 3. The maximum Gasteiger partial charge on any atom is 0.394 e. The monoisotopic (exact) mass is 351 g/mol. The molecule has 2 amide bonds. The predicted molar refractivity (Wildman–Crippen MR) is 76.0 cm³/mol. The van der Waals surface area contributed by atoms with Gasteiger partial charge in [0.15, 0.2) is 0 Å². The van der Waals surface area contributed by atoms with E-state index in [0.717, 1.165) is 10.6 Å². The molecule has 23 heavy (non-hydrogen) atoms. The highest BCUT2D eigenvalue weighted by Gasteiger charge is 2.53. The van der Waals surface area contributed by atoms with Crippen LogP contribution < -0.4 is 5.32 Å². The molecule has 6 nitrogen and oxygen atoms in total. The summed E-state index contributed by atoms with van der Waals surface area (Å²) in [5.74, 6) is -5.24. The minimum atomic E-state index is -4.66. The molecule has 128 valence electrons. The standard InChI is InChI=1S/C13H16F3N3O3S/c1-6-5-23-10(17-6)7(2)18-12(22)19-3-8(11(20)21)9(4-19)13(14,15)16/h5,7-9H,3-4H2,1-2H3,(H,18,22)(H,20,21)/t7?,8-,9-/m1/s1. The van der Waals surface area contributed by atoms with Crippen molar-refractivity contribution in [2.75, 3.05) is 13.1 Å². The van der Waals surface area contributed by atoms with E-state index in [9.17, 15) is 22.8 Å². The highest BCUT2D eigenvalue weighted by molar-refractivity contribution is 7.09. The summed E-state index contributed by atoms with van der Waals surface area (Å²) >= 11 is 1.33. The molecule has 0 bridgehead atoms. The topological polar surface area (TPSA) is 82.5 Å². The Morgan fingerprint density at radius 1 is 1.48 bits per heavy atom. The molecule has 1 fully saturated rings. The Hall–Kier alpha value is -1.84. The van der Waals surface area contributed by atoms with E-state index in [1.165, 1.54) is 11.3 Å². The number of urea groups is 1. The third kappa shape index (κ3) is 3.92. The summed E-state index contributed by atoms with van der Waals surface area (Å²) in [6.45, 7) is 2.34. The smallest absolute Gasteiger partial charge is 0.394 e. The van der Waals surface area contributed by atoms with Gasteiger partial charge < -0.3 is 15.3 Å². The van der Waals surface area contributed by atoms with Crippen molar-refractivity contribution < 1.29 is 27.9 Å². The molecule has 1 aromatic rings. The van der Waals surface area contributed by atoms with E-state index in [4.69, 9.17) is 5.11 Å². The fourth-order valence-electron chi connectivity index (χ4n) is 2.46. The number of carboxylic acid groups (broad SMARTS) is 1. The van der Waals surface area contributed by atoms with E-state index >= 15 is 0 Å². The zero-order valence-electron chi connectivity index (χ0n) is 12.4. The summed E-state index contributed by atoms with van der Waals surface area (Å²) < 4.78 is 38.7. The SMILES string of the molecule is Cc1csc(C(C)NC(=O)N2C[C@@H](C(F)(F)F)[C@H](C(=O)O)C2)n1. The average Bonchev–Trinajstić information content (AvgIpc) is 3.03. The number of halogens is 3. The van der Waals surface area contributed by atoms with Gasteiger partial charge in [-0.2, -0.15) is 13.2 Å². The van der Waals surface area contributed by atoms with Gasteiger partial charge in [-0.1, -0.05) is 0 Å². The number of aliphatic carboxylic acids is 1. The van der Waals surface area contributed by atoms with Gasteiger partial charge in [0.1, 0.15) is 5.01 Å². The molecule has 0 radical (unpaired) electrons. The number of aryl methyl sites for hydroxylation is 1. The number of rotatable bonds is 3. The van der Waals surface area contributed by atoms with Gasteiger partial charge in [0.25, 0.3) is 0 Å². The Bertz CT molecular complexity index is 605. The summed E-state index contributed by atoms with van der Waals surface area (Å²) in [6, 6.07) is -1.18. The van der Waals surface area contributed by atoms with Crippen LogP contribution in [0.25, 0.3) is 0 Å². The van der Waals surface area contributed by atoms with Crippen molar-refractivity contribution in [3.8, 4) is 0 Å². The van der Waals surface area contributed by atoms with Gasteiger partial charge in [0, 0.05) is 24.2 Å². The summed E-state index contributed by atoms with van der Waals surface area (Å²) in [4.78, 5) is 28.2. The number of carbonyl (C=O) groups is 2. The van der Waals surface area contributed by atoms with E-state index in [1.807, 2.05) is 0 Å². The van der Waals surface area contributed by atoms with E-state index in [0.29, 0.717) is 5.01 Å². The Morgan fingerprint density at radius 2 is 2.13 bits per heavy atom. The third-order valence-electron chi connectivity index (χ3n) is 3.69. The lowest BCUT2D eigenvalue weighted by Gasteiger charge is -2.20. The van der Waals surface area contributed by atoms with E-state index in [2.05, 4.69) is 10.3 Å². The van der Waals surface area contributed by atoms with Crippen LogP contribution in [0.3, 0.4) is 0 Å². The highest BCUT2D eigenvalue weighted by atomic mass is 32.1. The largest absolute Gasteiger partial charge is 0.481 e. The Balaban J connectivity index is 2.04. The van der Waals surface area contributed by atoms with Crippen LogP contribution in [0.4, 0.5) is 18.0 Å². The van der Waals surface area contributed by atoms with Crippen molar-refractivity contribution in [2.24, 2.45) is 11.8 Å². The van der Waals surface area contributed by atoms with Crippen molar-refractivity contribution in [3.05, 3.63) is 16.1 Å². The van der Waals surface area contributed by atoms with Crippen molar-refractivity contribution in [3.63, 3.8) is 0 Å². The van der Waals surface area contributed by atoms with Crippen LogP contribution in [-0.4, -0.2) is 46.3 Å². The third-order valence-corrected chi connectivity index (χ3v) is 4.84. The molecular weight excluding hydrogens is 335 g/mol. The van der Waals surface area contributed by atoms with Gasteiger partial charge in [0.2, 0.25) is 0 Å². The van der Waals surface area contributed by atoms with Crippen molar-refractivity contribution in [2.45, 2.75) is 26.1 Å². The van der Waals surface area contributed by atoms with Gasteiger partial charge in [0.05, 0.1) is 17.9 Å². The maximum absolute atomic E-state index is 12.9. The number of nitrogens with one attached hydrogen (secondary N) is 1. The van der Waals surface area contributed by atoms with Gasteiger partial charge in [-0.25, -0.2) is 9.78 Å². The van der Waals surface area contributed by atoms with E-state index in [1.54, 1.807) is 19.2 Å². The average molecular weight is 351 g/mol. The number of carbonyl (C=O) groups excluding carboxylic acids is 1. The maximum atomic E-state index is 12.9. The van der Waals surface area contributed by atoms with Crippen LogP contribution in [0.1, 0.15) is 23.7 Å². The fraction of sp³-hybridized carbons (Fsp3) is 0.615. The molecule has 10 heteroatoms. The number of nitrogens with zero attached hydrogens (tertiary/aromatic N) is 2. The lowest BCUT2D eigenvalue weighted by molar-refractivity contribution is -0.187. The van der Waals surface area contributed by atoms with Crippen LogP contribution >= 0.6 is 11.3 Å². The number of hydrogen-bond donors (Lipinski definition) is 2. The Kier molecular flexibility index (Phi) is 4.83. The number of carboxylic acids is 1. The van der Waals surface area contributed by atoms with Crippen LogP contribution in [0.2, 0.25) is 0 Å².